The van der Waals surface area contributed by atoms with Crippen LogP contribution in [-0.2, 0) is 0 Å². The number of aromatic nitrogens is 2. The topological polar surface area (TPSA) is 41.0 Å². The number of aromatic amines is 1. The molecule has 46 valence electrons. The molecule has 9 heavy (non-hydrogen) atoms. The second kappa shape index (κ2) is 3.18. The molecule has 0 aliphatic rings. The summed E-state index contributed by atoms with van der Waals surface area (Å²) in [5.74, 6) is 0.752. The molecule has 0 aliphatic heterocycles. The third-order valence-corrected chi connectivity index (χ3v) is 1.08. The van der Waals surface area contributed by atoms with Gasteiger partial charge in [-0.25, -0.2) is 0 Å². The Labute approximate surface area is 69.0 Å². The number of H-pyrrole nitrogens is 1. The second-order valence-corrected chi connectivity index (χ2v) is 4.25. The van der Waals surface area contributed by atoms with Crippen LogP contribution < -0.4 is 0 Å². The van der Waals surface area contributed by atoms with Crippen molar-refractivity contribution in [2.24, 2.45) is 4.99 Å². The van der Waals surface area contributed by atoms with Crippen LogP contribution >= 0.6 is 0 Å². The molecule has 0 saturated heterocycles. The summed E-state index contributed by atoms with van der Waals surface area (Å²) in [7, 11) is 0. The molecule has 1 N–H and O–H groups in total. The van der Waals surface area contributed by atoms with Crippen LogP contribution in [0, 0.1) is 0 Å². The Morgan fingerprint density at radius 2 is 2.44 bits per heavy atom. The third-order valence-electron chi connectivity index (χ3n) is 0.698. The molecule has 2 radical (unpaired) electrons. The first-order valence-electron chi connectivity index (χ1n) is 2.21. The Morgan fingerprint density at radius 3 is 2.89 bits per heavy atom. The van der Waals surface area contributed by atoms with Crippen molar-refractivity contribution in [3.05, 3.63) is 12.3 Å². The van der Waals surface area contributed by atoms with E-state index in [2.05, 4.69) is 47.2 Å². The average molecular weight is 251 g/mol. The molecule has 1 aromatic heterocycles. The van der Waals surface area contributed by atoms with Crippen LogP contribution in [-0.4, -0.2) is 45.7 Å². The molecule has 0 atom stereocenters. The summed E-state index contributed by atoms with van der Waals surface area (Å²) in [5, 5.41) is 6.41. The van der Waals surface area contributed by atoms with Gasteiger partial charge in [-0.1, -0.05) is 0 Å². The van der Waals surface area contributed by atoms with Crippen LogP contribution in [0.5, 0.6) is 0 Å². The van der Waals surface area contributed by atoms with Crippen molar-refractivity contribution < 1.29 is 0 Å². The third kappa shape index (κ3) is 2.33. The number of hydrogen-bond acceptors (Lipinski definition) is 2. The van der Waals surface area contributed by atoms with Gasteiger partial charge in [0.1, 0.15) is 0 Å². The van der Waals surface area contributed by atoms with E-state index >= 15 is 0 Å². The van der Waals surface area contributed by atoms with Crippen molar-refractivity contribution in [2.75, 3.05) is 0 Å². The summed E-state index contributed by atoms with van der Waals surface area (Å²) in [4.78, 5) is 4.01. The molecule has 3 nitrogen and oxygen atoms in total. The summed E-state index contributed by atoms with van der Waals surface area (Å²) < 4.78 is 0.777. The van der Waals surface area contributed by atoms with Crippen LogP contribution in [0.4, 0.5) is 5.82 Å². The predicted molar refractivity (Wildman–Crippen MR) is 37.2 cm³/mol. The first-order chi connectivity index (χ1) is 4.29. The van der Waals surface area contributed by atoms with E-state index in [-0.39, 0.29) is 0 Å². The van der Waals surface area contributed by atoms with Crippen molar-refractivity contribution in [3.63, 3.8) is 0 Å². The van der Waals surface area contributed by atoms with E-state index in [0.29, 0.717) is 0 Å². The minimum atomic E-state index is 0.752. The van der Waals surface area contributed by atoms with Crippen molar-refractivity contribution in [2.45, 2.75) is 0 Å². The summed E-state index contributed by atoms with van der Waals surface area (Å²) >= 11 is 5.45. The van der Waals surface area contributed by atoms with E-state index in [1.54, 1.807) is 12.3 Å². The summed E-state index contributed by atoms with van der Waals surface area (Å²) in [6.45, 7) is 0. The molecule has 1 rings (SSSR count). The van der Waals surface area contributed by atoms with Crippen LogP contribution in [0.1, 0.15) is 0 Å². The molecule has 1 aromatic rings. The van der Waals surface area contributed by atoms with E-state index in [4.69, 9.17) is 0 Å². The van der Waals surface area contributed by atoms with Crippen molar-refractivity contribution in [1.82, 2.24) is 10.2 Å². The summed E-state index contributed by atoms with van der Waals surface area (Å²) in [6, 6.07) is 1.79. The Balaban J connectivity index is 2.80. The molecule has 0 saturated carbocycles. The van der Waals surface area contributed by atoms with E-state index < -0.39 is 0 Å². The number of nitrogens with one attached hydrogen (secondary N) is 1. The monoisotopic (exact) mass is 253 g/mol. The van der Waals surface area contributed by atoms with Gasteiger partial charge in [-0.05, 0) is 0 Å². The molecule has 0 unspecified atom stereocenters. The Bertz CT molecular complexity index is 200. The zero-order valence-electron chi connectivity index (χ0n) is 4.37. The number of nitrogens with zero attached hydrogens (tertiary/aromatic N) is 2. The minimum absolute atomic E-state index is 0.752. The number of hydrogen-bond donors (Lipinski definition) is 1. The predicted octanol–water partition coefficient (Wildman–Crippen LogP) is -0.266. The molecule has 0 amide bonds. The molecular weight excluding hydrogens is 248 g/mol. The van der Waals surface area contributed by atoms with E-state index in [9.17, 15) is 0 Å². The van der Waals surface area contributed by atoms with Gasteiger partial charge in [0.15, 0.2) is 0 Å². The maximum absolute atomic E-state index is 4.01. The Hall–Kier alpha value is -0.0810. The molecule has 5 heteroatoms. The number of rotatable bonds is 1. The van der Waals surface area contributed by atoms with Gasteiger partial charge in [0.05, 0.1) is 0 Å². The summed E-state index contributed by atoms with van der Waals surface area (Å²) in [5.41, 5.74) is 0. The van der Waals surface area contributed by atoms with Gasteiger partial charge < -0.3 is 0 Å². The molecule has 0 bridgehead atoms. The summed E-state index contributed by atoms with van der Waals surface area (Å²) in [6.07, 6.45) is 1.65. The average Bonchev–Trinajstić information content (AvgIpc) is 2.15. The first kappa shape index (κ1) is 7.03. The van der Waals surface area contributed by atoms with E-state index in [1.165, 1.54) is 0 Å². The maximum atomic E-state index is 4.01. The molecule has 0 aliphatic carbocycles. The fourth-order valence-corrected chi connectivity index (χ4v) is 0.822. The fraction of sp³-hybridized carbons (Fsp3) is 0. The molecular formula is C4H3N3Se2. The van der Waals surface area contributed by atoms with Gasteiger partial charge >= 0.3 is 68.8 Å². The zero-order chi connectivity index (χ0) is 6.69. The normalized spacial score (nSPS) is 8.89. The SMILES string of the molecule is [Se]C([Se])=Nc1ccn[nH]1. The van der Waals surface area contributed by atoms with E-state index in [1.807, 2.05) is 0 Å². The zero-order valence-corrected chi connectivity index (χ0v) is 7.79. The van der Waals surface area contributed by atoms with Gasteiger partial charge in [-0.15, -0.1) is 0 Å². The van der Waals surface area contributed by atoms with Crippen LogP contribution in [0.2, 0.25) is 0 Å². The van der Waals surface area contributed by atoms with Crippen LogP contribution in [0.15, 0.2) is 17.3 Å². The Kier molecular flexibility index (Phi) is 2.48. The standard InChI is InChI=1S/C4H3N3Se2/c8-4(9)6-3-1-2-5-7-3/h1-2H,(H,5,7). The quantitative estimate of drug-likeness (QED) is 0.542. The van der Waals surface area contributed by atoms with E-state index in [0.717, 1.165) is 9.33 Å². The van der Waals surface area contributed by atoms with Gasteiger partial charge in [0.2, 0.25) is 0 Å². The van der Waals surface area contributed by atoms with Gasteiger partial charge in [-0.3, -0.25) is 0 Å². The fourth-order valence-electron chi connectivity index (χ4n) is 0.409. The molecule has 0 fully saturated rings. The first-order valence-corrected chi connectivity index (χ1v) is 3.92. The van der Waals surface area contributed by atoms with Crippen LogP contribution in [0.3, 0.4) is 0 Å². The van der Waals surface area contributed by atoms with Crippen molar-refractivity contribution in [3.8, 4) is 0 Å². The molecule has 0 spiro atoms. The second-order valence-electron chi connectivity index (χ2n) is 1.32. The van der Waals surface area contributed by atoms with Gasteiger partial charge in [0, 0.05) is 0 Å². The van der Waals surface area contributed by atoms with Gasteiger partial charge in [0.25, 0.3) is 0 Å². The molecule has 1 heterocycles. The molecule has 0 aromatic carbocycles. The van der Waals surface area contributed by atoms with Crippen LogP contribution in [0.25, 0.3) is 0 Å². The van der Waals surface area contributed by atoms with Crippen molar-refractivity contribution in [1.29, 1.82) is 0 Å². The van der Waals surface area contributed by atoms with Crippen molar-refractivity contribution >= 4 is 41.4 Å². The Morgan fingerprint density at radius 1 is 1.67 bits per heavy atom. The van der Waals surface area contributed by atoms with Gasteiger partial charge in [-0.2, -0.15) is 0 Å². The number of aliphatic imine (C=N–C) groups is 1.